The molecular weight excluding hydrogens is 224 g/mol. The Balaban J connectivity index is 0.000000386. The van der Waals surface area contributed by atoms with Crippen LogP contribution in [0.3, 0.4) is 0 Å². The quantitative estimate of drug-likeness (QED) is 0.618. The van der Waals surface area contributed by atoms with Crippen molar-refractivity contribution in [1.82, 2.24) is 4.73 Å². The Bertz CT molecular complexity index is 464. The second-order valence-corrected chi connectivity index (χ2v) is 3.14. The van der Waals surface area contributed by atoms with E-state index in [0.29, 0.717) is 0 Å². The van der Waals surface area contributed by atoms with Gasteiger partial charge in [-0.25, -0.2) is 5.41 Å². The van der Waals surface area contributed by atoms with Gasteiger partial charge in [-0.2, -0.15) is 4.73 Å². The van der Waals surface area contributed by atoms with Gasteiger partial charge in [-0.3, -0.25) is 0 Å². The number of hydrogen-bond acceptors (Lipinski definition) is 4. The Morgan fingerprint density at radius 2 is 2.12 bits per heavy atom. The molecule has 1 aromatic carbocycles. The summed E-state index contributed by atoms with van der Waals surface area (Å²) in [5.74, 6) is 0. The lowest BCUT2D eigenvalue weighted by Gasteiger charge is -2.00. The lowest BCUT2D eigenvalue weighted by atomic mass is 10.2. The van der Waals surface area contributed by atoms with Crippen LogP contribution < -0.4 is 4.84 Å². The summed E-state index contributed by atoms with van der Waals surface area (Å²) >= 11 is 3.81. The number of nitrogens with zero attached hydrogens (tertiary/aromatic N) is 1. The first-order valence-corrected chi connectivity index (χ1v) is 4.97. The van der Waals surface area contributed by atoms with Crippen molar-refractivity contribution in [2.45, 2.75) is 6.61 Å². The topological polar surface area (TPSA) is 58.2 Å². The summed E-state index contributed by atoms with van der Waals surface area (Å²) in [4.78, 5) is 5.12. The number of aromatic nitrogens is 1. The van der Waals surface area contributed by atoms with Crippen molar-refractivity contribution in [2.24, 2.45) is 0 Å². The van der Waals surface area contributed by atoms with Gasteiger partial charge in [0, 0.05) is 10.9 Å². The molecule has 0 radical (unpaired) electrons. The van der Waals surface area contributed by atoms with Crippen LogP contribution in [0.2, 0.25) is 0 Å². The predicted molar refractivity (Wildman–Crippen MR) is 65.7 cm³/mol. The molecule has 2 rings (SSSR count). The molecule has 1 heterocycles. The molecule has 2 aromatic rings. The first-order valence-electron chi connectivity index (χ1n) is 4.56. The normalized spacial score (nSPS) is 9.12. The highest BCUT2D eigenvalue weighted by atomic mass is 32.1. The van der Waals surface area contributed by atoms with Crippen LogP contribution in [0, 0.1) is 5.41 Å². The zero-order valence-corrected chi connectivity index (χ0v) is 9.62. The number of isothiocyanates is 1. The number of fused-ring (bicyclic) bond motifs is 1. The first kappa shape index (κ1) is 12.4. The van der Waals surface area contributed by atoms with E-state index in [1.165, 1.54) is 0 Å². The standard InChI is InChI=1S/C10H11NO2.CHNS/c1-13-11-6-8(7-12)9-4-2-3-5-10(9)11;2-1-3/h2-6,12H,7H2,1H3;2H. The molecule has 0 amide bonds. The van der Waals surface area contributed by atoms with E-state index in [9.17, 15) is 0 Å². The van der Waals surface area contributed by atoms with Crippen LogP contribution in [0.15, 0.2) is 30.5 Å². The van der Waals surface area contributed by atoms with E-state index in [2.05, 4.69) is 12.2 Å². The van der Waals surface area contributed by atoms with E-state index in [1.54, 1.807) is 23.2 Å². The maximum Gasteiger partial charge on any atom is 0.104 e. The summed E-state index contributed by atoms with van der Waals surface area (Å²) in [6.07, 6.45) is 1.80. The zero-order chi connectivity index (χ0) is 12.0. The smallest absolute Gasteiger partial charge is 0.104 e. The van der Waals surface area contributed by atoms with Crippen LogP contribution >= 0.6 is 12.2 Å². The van der Waals surface area contributed by atoms with Crippen molar-refractivity contribution in [3.8, 4) is 0 Å². The molecule has 0 unspecified atom stereocenters. The Hall–Kier alpha value is -1.68. The number of nitrogens with one attached hydrogen (secondary N) is 1. The Morgan fingerprint density at radius 1 is 1.50 bits per heavy atom. The minimum atomic E-state index is 0.0386. The van der Waals surface area contributed by atoms with Crippen LogP contribution in [0.1, 0.15) is 5.56 Å². The molecule has 0 bridgehead atoms. The molecule has 5 heteroatoms. The average molecular weight is 236 g/mol. The predicted octanol–water partition coefficient (Wildman–Crippen LogP) is 1.86. The van der Waals surface area contributed by atoms with Gasteiger partial charge in [0.25, 0.3) is 0 Å². The van der Waals surface area contributed by atoms with Crippen molar-refractivity contribution >= 4 is 28.3 Å². The first-order chi connectivity index (χ1) is 7.78. The summed E-state index contributed by atoms with van der Waals surface area (Å²) in [6, 6.07) is 7.81. The van der Waals surface area contributed by atoms with Crippen molar-refractivity contribution in [1.29, 1.82) is 5.41 Å². The molecule has 0 saturated carbocycles. The van der Waals surface area contributed by atoms with Crippen molar-refractivity contribution in [3.63, 3.8) is 0 Å². The molecule has 1 aromatic heterocycles. The molecular formula is C11H12N2O2S. The molecule has 84 valence electrons. The van der Waals surface area contributed by atoms with E-state index in [0.717, 1.165) is 16.5 Å². The fourth-order valence-corrected chi connectivity index (χ4v) is 1.50. The monoisotopic (exact) mass is 236 g/mol. The molecule has 16 heavy (non-hydrogen) atoms. The molecule has 0 aliphatic carbocycles. The molecule has 0 fully saturated rings. The van der Waals surface area contributed by atoms with Gasteiger partial charge < -0.3 is 9.94 Å². The summed E-state index contributed by atoms with van der Waals surface area (Å²) < 4.78 is 1.65. The molecule has 0 atom stereocenters. The van der Waals surface area contributed by atoms with Crippen LogP contribution in [0.25, 0.3) is 10.9 Å². The van der Waals surface area contributed by atoms with Gasteiger partial charge in [0.1, 0.15) is 7.11 Å². The fourth-order valence-electron chi connectivity index (χ4n) is 1.50. The van der Waals surface area contributed by atoms with E-state index < -0.39 is 0 Å². The van der Waals surface area contributed by atoms with Crippen molar-refractivity contribution in [3.05, 3.63) is 36.0 Å². The minimum absolute atomic E-state index is 0.0386. The maximum absolute atomic E-state index is 9.08. The van der Waals surface area contributed by atoms with Gasteiger partial charge in [0.2, 0.25) is 0 Å². The zero-order valence-electron chi connectivity index (χ0n) is 8.80. The lowest BCUT2D eigenvalue weighted by molar-refractivity contribution is 0.177. The van der Waals surface area contributed by atoms with Gasteiger partial charge >= 0.3 is 0 Å². The summed E-state index contributed by atoms with van der Waals surface area (Å²) in [5.41, 5.74) is 1.87. The number of rotatable bonds is 2. The lowest BCUT2D eigenvalue weighted by Crippen LogP contribution is -2.02. The second-order valence-electron chi connectivity index (χ2n) is 2.94. The summed E-state index contributed by atoms with van der Waals surface area (Å²) in [5, 5.41) is 17.5. The summed E-state index contributed by atoms with van der Waals surface area (Å²) in [7, 11) is 1.60. The number of para-hydroxylation sites is 1. The second kappa shape index (κ2) is 6.02. The third-order valence-corrected chi connectivity index (χ3v) is 2.13. The third-order valence-electron chi connectivity index (χ3n) is 2.13. The third kappa shape index (κ3) is 2.46. The molecule has 0 saturated heterocycles. The molecule has 0 aliphatic heterocycles. The molecule has 0 spiro atoms. The SMILES string of the molecule is COn1cc(CO)c2ccccc21.N=C=S. The number of thiocarbonyl (C=S) groups is 1. The number of aliphatic hydroxyl groups excluding tert-OH is 1. The van der Waals surface area contributed by atoms with Gasteiger partial charge in [-0.15, -0.1) is 0 Å². The minimum Gasteiger partial charge on any atom is -0.417 e. The van der Waals surface area contributed by atoms with Crippen LogP contribution in [0.4, 0.5) is 0 Å². The van der Waals surface area contributed by atoms with Gasteiger partial charge in [0.05, 0.1) is 23.5 Å². The maximum atomic E-state index is 9.08. The van der Waals surface area contributed by atoms with E-state index in [4.69, 9.17) is 15.4 Å². The Labute approximate surface area is 98.5 Å². The van der Waals surface area contributed by atoms with Gasteiger partial charge in [-0.1, -0.05) is 18.2 Å². The number of aliphatic hydroxyl groups is 1. The van der Waals surface area contributed by atoms with Crippen LogP contribution in [-0.4, -0.2) is 22.1 Å². The highest BCUT2D eigenvalue weighted by molar-refractivity contribution is 7.78. The highest BCUT2D eigenvalue weighted by Crippen LogP contribution is 2.19. The largest absolute Gasteiger partial charge is 0.417 e. The van der Waals surface area contributed by atoms with Crippen LogP contribution in [-0.2, 0) is 6.61 Å². The molecule has 4 nitrogen and oxygen atoms in total. The van der Waals surface area contributed by atoms with E-state index >= 15 is 0 Å². The molecule has 0 aliphatic rings. The van der Waals surface area contributed by atoms with E-state index in [-0.39, 0.29) is 6.61 Å². The summed E-state index contributed by atoms with van der Waals surface area (Å²) in [6.45, 7) is 0.0386. The fraction of sp³-hybridized carbons (Fsp3) is 0.182. The van der Waals surface area contributed by atoms with E-state index in [1.807, 2.05) is 24.3 Å². The number of benzene rings is 1. The van der Waals surface area contributed by atoms with Crippen molar-refractivity contribution < 1.29 is 9.94 Å². The Morgan fingerprint density at radius 3 is 2.69 bits per heavy atom. The molecule has 2 N–H and O–H groups in total. The van der Waals surface area contributed by atoms with Crippen LogP contribution in [0.5, 0.6) is 0 Å². The number of hydrogen-bond donors (Lipinski definition) is 2. The van der Waals surface area contributed by atoms with Gasteiger partial charge in [0.15, 0.2) is 0 Å². The van der Waals surface area contributed by atoms with Crippen molar-refractivity contribution in [2.75, 3.05) is 7.11 Å². The average Bonchev–Trinajstić information content (AvgIpc) is 2.68. The Kier molecular flexibility index (Phi) is 4.66. The van der Waals surface area contributed by atoms with Gasteiger partial charge in [-0.05, 0) is 18.3 Å². The highest BCUT2D eigenvalue weighted by Gasteiger charge is 2.05.